The Balaban J connectivity index is 2.14. The van der Waals surface area contributed by atoms with Crippen molar-refractivity contribution >= 4 is 15.9 Å². The zero-order chi connectivity index (χ0) is 18.3. The highest BCUT2D eigenvalue weighted by atomic mass is 32.2. The van der Waals surface area contributed by atoms with Crippen molar-refractivity contribution in [3.63, 3.8) is 0 Å². The normalized spacial score (nSPS) is 18.1. The molecule has 1 fully saturated rings. The third-order valence-electron chi connectivity index (χ3n) is 4.28. The number of nitrogens with zero attached hydrogens (tertiary/aromatic N) is 1. The molecule has 1 unspecified atom stereocenters. The van der Waals surface area contributed by atoms with E-state index in [0.717, 1.165) is 30.1 Å². The number of amides is 1. The predicted molar refractivity (Wildman–Crippen MR) is 91.9 cm³/mol. The number of hydroxylamine groups is 1. The van der Waals surface area contributed by atoms with E-state index in [2.05, 4.69) is 5.32 Å². The maximum Gasteiger partial charge on any atom is 0.258 e. The van der Waals surface area contributed by atoms with Gasteiger partial charge in [-0.15, -0.1) is 0 Å². The van der Waals surface area contributed by atoms with Crippen LogP contribution in [0, 0.1) is 0 Å². The highest BCUT2D eigenvalue weighted by Crippen LogP contribution is 2.20. The van der Waals surface area contributed by atoms with Gasteiger partial charge in [-0.3, -0.25) is 10.0 Å². The molecule has 1 amide bonds. The lowest BCUT2D eigenvalue weighted by Crippen LogP contribution is -2.43. The van der Waals surface area contributed by atoms with Crippen molar-refractivity contribution in [3.05, 3.63) is 24.3 Å². The molecule has 0 spiro atoms. The molecule has 140 valence electrons. The first-order chi connectivity index (χ1) is 12.0. The molecule has 1 saturated heterocycles. The maximum atomic E-state index is 12.9. The molecule has 1 aliphatic heterocycles. The lowest BCUT2D eigenvalue weighted by atomic mass is 10.0. The van der Waals surface area contributed by atoms with E-state index >= 15 is 0 Å². The van der Waals surface area contributed by atoms with E-state index < -0.39 is 22.5 Å². The molecule has 1 aromatic rings. The first-order valence-electron chi connectivity index (χ1n) is 8.28. The van der Waals surface area contributed by atoms with Crippen molar-refractivity contribution < 1.29 is 23.2 Å². The number of methoxy groups -OCH3 is 1. The number of piperidine rings is 1. The number of ether oxygens (including phenoxy) is 1. The van der Waals surface area contributed by atoms with Crippen molar-refractivity contribution in [2.45, 2.75) is 36.6 Å². The van der Waals surface area contributed by atoms with Gasteiger partial charge in [0, 0.05) is 12.6 Å². The predicted octanol–water partition coefficient (Wildman–Crippen LogP) is 0.724. The Hall–Kier alpha value is -1.68. The fourth-order valence-corrected chi connectivity index (χ4v) is 4.26. The van der Waals surface area contributed by atoms with Crippen LogP contribution in [0.4, 0.5) is 0 Å². The standard InChI is InChI=1S/C16H25N3O5S/c1-24-14-5-7-15(8-6-14)25(22,23)19(12-16(20)18-21)11-9-13-4-2-3-10-17-13/h5-8,13,17,21H,2-4,9-12H2,1H3,(H,18,20). The summed E-state index contributed by atoms with van der Waals surface area (Å²) in [5, 5.41) is 12.1. The summed E-state index contributed by atoms with van der Waals surface area (Å²) in [6.45, 7) is 0.685. The molecule has 0 radical (unpaired) electrons. The second-order valence-electron chi connectivity index (χ2n) is 5.98. The third kappa shape index (κ3) is 5.40. The lowest BCUT2D eigenvalue weighted by molar-refractivity contribution is -0.129. The first-order valence-corrected chi connectivity index (χ1v) is 9.72. The van der Waals surface area contributed by atoms with Crippen molar-refractivity contribution in [1.82, 2.24) is 15.1 Å². The fourth-order valence-electron chi connectivity index (χ4n) is 2.85. The van der Waals surface area contributed by atoms with Gasteiger partial charge in [-0.25, -0.2) is 13.9 Å². The zero-order valence-electron chi connectivity index (χ0n) is 14.3. The number of benzene rings is 1. The highest BCUT2D eigenvalue weighted by molar-refractivity contribution is 7.89. The van der Waals surface area contributed by atoms with Crippen LogP contribution in [0.3, 0.4) is 0 Å². The maximum absolute atomic E-state index is 12.9. The second-order valence-corrected chi connectivity index (χ2v) is 7.92. The lowest BCUT2D eigenvalue weighted by Gasteiger charge is -2.27. The van der Waals surface area contributed by atoms with E-state index in [1.54, 1.807) is 12.1 Å². The van der Waals surface area contributed by atoms with Gasteiger partial charge in [-0.2, -0.15) is 4.31 Å². The minimum Gasteiger partial charge on any atom is -0.497 e. The van der Waals surface area contributed by atoms with E-state index in [0.29, 0.717) is 12.2 Å². The van der Waals surface area contributed by atoms with Crippen LogP contribution in [-0.2, 0) is 14.8 Å². The topological polar surface area (TPSA) is 108 Å². The SMILES string of the molecule is COc1ccc(S(=O)(=O)N(CCC2CCCCN2)CC(=O)NO)cc1. The number of hydrogen-bond acceptors (Lipinski definition) is 6. The monoisotopic (exact) mass is 371 g/mol. The minimum absolute atomic E-state index is 0.0793. The Morgan fingerprint density at radius 3 is 2.64 bits per heavy atom. The summed E-state index contributed by atoms with van der Waals surface area (Å²) in [6.07, 6.45) is 3.83. The Labute approximate surface area is 148 Å². The summed E-state index contributed by atoms with van der Waals surface area (Å²) in [4.78, 5) is 11.6. The third-order valence-corrected chi connectivity index (χ3v) is 6.14. The fraction of sp³-hybridized carbons (Fsp3) is 0.562. The Bertz CT molecular complexity index is 657. The molecule has 3 N–H and O–H groups in total. The van der Waals surface area contributed by atoms with Crippen LogP contribution in [0.5, 0.6) is 5.75 Å². The average Bonchev–Trinajstić information content (AvgIpc) is 2.65. The van der Waals surface area contributed by atoms with Crippen LogP contribution in [0.25, 0.3) is 0 Å². The molecule has 0 aliphatic carbocycles. The molecule has 0 saturated carbocycles. The molecule has 2 rings (SSSR count). The Morgan fingerprint density at radius 1 is 1.36 bits per heavy atom. The van der Waals surface area contributed by atoms with Crippen molar-refractivity contribution in [1.29, 1.82) is 0 Å². The van der Waals surface area contributed by atoms with Crippen LogP contribution in [-0.4, -0.2) is 56.6 Å². The molecule has 0 aromatic heterocycles. The number of sulfonamides is 1. The largest absolute Gasteiger partial charge is 0.497 e. The highest BCUT2D eigenvalue weighted by Gasteiger charge is 2.27. The van der Waals surface area contributed by atoms with E-state index in [1.807, 2.05) is 0 Å². The van der Waals surface area contributed by atoms with Gasteiger partial charge in [0.15, 0.2) is 0 Å². The van der Waals surface area contributed by atoms with Crippen molar-refractivity contribution in [2.24, 2.45) is 0 Å². The second kappa shape index (κ2) is 9.14. The van der Waals surface area contributed by atoms with Gasteiger partial charge < -0.3 is 10.1 Å². The van der Waals surface area contributed by atoms with E-state index in [4.69, 9.17) is 9.94 Å². The zero-order valence-corrected chi connectivity index (χ0v) is 15.1. The Kier molecular flexibility index (Phi) is 7.18. The van der Waals surface area contributed by atoms with Crippen LogP contribution in [0.1, 0.15) is 25.7 Å². The summed E-state index contributed by atoms with van der Waals surface area (Å²) < 4.78 is 31.8. The smallest absolute Gasteiger partial charge is 0.258 e. The molecule has 1 heterocycles. The van der Waals surface area contributed by atoms with Crippen LogP contribution < -0.4 is 15.5 Å². The molecule has 1 aliphatic rings. The summed E-state index contributed by atoms with van der Waals surface area (Å²) in [5.41, 5.74) is 1.49. The van der Waals surface area contributed by atoms with Gasteiger partial charge in [-0.05, 0) is 50.1 Å². The first kappa shape index (κ1) is 19.6. The molecule has 8 nitrogen and oxygen atoms in total. The molecule has 1 atom stereocenters. The number of rotatable bonds is 8. The molecule has 25 heavy (non-hydrogen) atoms. The van der Waals surface area contributed by atoms with Gasteiger partial charge >= 0.3 is 0 Å². The van der Waals surface area contributed by atoms with Crippen LogP contribution >= 0.6 is 0 Å². The van der Waals surface area contributed by atoms with Crippen LogP contribution in [0.15, 0.2) is 29.2 Å². The quantitative estimate of drug-likeness (QED) is 0.459. The summed E-state index contributed by atoms with van der Waals surface area (Å²) >= 11 is 0. The minimum atomic E-state index is -3.85. The molecule has 0 bridgehead atoms. The average molecular weight is 371 g/mol. The van der Waals surface area contributed by atoms with Gasteiger partial charge in [0.1, 0.15) is 5.75 Å². The number of nitrogens with one attached hydrogen (secondary N) is 2. The van der Waals surface area contributed by atoms with Crippen molar-refractivity contribution in [3.8, 4) is 5.75 Å². The van der Waals surface area contributed by atoms with Gasteiger partial charge in [-0.1, -0.05) is 6.42 Å². The van der Waals surface area contributed by atoms with Crippen molar-refractivity contribution in [2.75, 3.05) is 26.7 Å². The van der Waals surface area contributed by atoms with Gasteiger partial charge in [0.25, 0.3) is 5.91 Å². The summed E-state index contributed by atoms with van der Waals surface area (Å²) in [7, 11) is -2.36. The summed E-state index contributed by atoms with van der Waals surface area (Å²) in [5.74, 6) is -0.223. The van der Waals surface area contributed by atoms with E-state index in [9.17, 15) is 13.2 Å². The Morgan fingerprint density at radius 2 is 2.08 bits per heavy atom. The van der Waals surface area contributed by atoms with Gasteiger partial charge in [0.2, 0.25) is 10.0 Å². The molecular formula is C16H25N3O5S. The summed E-state index contributed by atoms with van der Waals surface area (Å²) in [6, 6.07) is 6.23. The van der Waals surface area contributed by atoms with Gasteiger partial charge in [0.05, 0.1) is 18.6 Å². The molecule has 9 heteroatoms. The van der Waals surface area contributed by atoms with Crippen LogP contribution in [0.2, 0.25) is 0 Å². The number of carbonyl (C=O) groups excluding carboxylic acids is 1. The number of carbonyl (C=O) groups is 1. The molecular weight excluding hydrogens is 346 g/mol. The number of hydrogen-bond donors (Lipinski definition) is 3. The van der Waals surface area contributed by atoms with E-state index in [-0.39, 0.29) is 17.5 Å². The van der Waals surface area contributed by atoms with E-state index in [1.165, 1.54) is 24.7 Å². The molecule has 1 aromatic carbocycles.